The van der Waals surface area contributed by atoms with Gasteiger partial charge in [0.15, 0.2) is 0 Å². The second kappa shape index (κ2) is 10.2. The Morgan fingerprint density at radius 2 is 1.97 bits per heavy atom. The highest BCUT2D eigenvalue weighted by atomic mass is 19.1. The molecule has 30 heavy (non-hydrogen) atoms. The summed E-state index contributed by atoms with van der Waals surface area (Å²) in [5.41, 5.74) is 1.76. The van der Waals surface area contributed by atoms with Crippen molar-refractivity contribution in [1.82, 2.24) is 9.88 Å². The second-order valence-electron chi connectivity index (χ2n) is 6.52. The van der Waals surface area contributed by atoms with E-state index in [1.165, 1.54) is 12.1 Å². The van der Waals surface area contributed by atoms with Gasteiger partial charge in [0.05, 0.1) is 13.2 Å². The average molecular weight is 407 g/mol. The van der Waals surface area contributed by atoms with Crippen molar-refractivity contribution in [3.8, 4) is 11.8 Å². The molecule has 6 nitrogen and oxygen atoms in total. The fraction of sp³-hybridized carbons (Fsp3) is 0.217. The van der Waals surface area contributed by atoms with E-state index in [0.717, 1.165) is 16.5 Å². The first-order valence-corrected chi connectivity index (χ1v) is 9.47. The molecule has 0 atom stereocenters. The minimum Gasteiger partial charge on any atom is -0.492 e. The van der Waals surface area contributed by atoms with Crippen molar-refractivity contribution in [2.24, 2.45) is 0 Å². The van der Waals surface area contributed by atoms with Crippen LogP contribution in [0.15, 0.2) is 60.3 Å². The monoisotopic (exact) mass is 407 g/mol. The van der Waals surface area contributed by atoms with Gasteiger partial charge in [0, 0.05) is 36.3 Å². The van der Waals surface area contributed by atoms with E-state index < -0.39 is 5.91 Å². The fourth-order valence-corrected chi connectivity index (χ4v) is 3.03. The predicted molar refractivity (Wildman–Crippen MR) is 112 cm³/mol. The maximum atomic E-state index is 13.0. The van der Waals surface area contributed by atoms with Gasteiger partial charge in [0.25, 0.3) is 5.91 Å². The normalized spacial score (nSPS) is 11.3. The SMILES string of the molecule is COCCNC(=O)C(C#N)=Cc1cn(CCOc2ccc(F)cc2)c2ccccc12. The first-order valence-electron chi connectivity index (χ1n) is 9.47. The number of hydrogen-bond donors (Lipinski definition) is 1. The van der Waals surface area contributed by atoms with Crippen LogP contribution in [-0.4, -0.2) is 37.3 Å². The molecular weight excluding hydrogens is 385 g/mol. The standard InChI is InChI=1S/C23H22FN3O3/c1-29-12-10-26-23(28)17(15-25)14-18-16-27(22-5-3-2-4-21(18)22)11-13-30-20-8-6-19(24)7-9-20/h2-9,14,16H,10-13H2,1H3,(H,26,28). The van der Waals surface area contributed by atoms with Gasteiger partial charge in [0.2, 0.25) is 0 Å². The maximum absolute atomic E-state index is 13.0. The van der Waals surface area contributed by atoms with Gasteiger partial charge in [-0.25, -0.2) is 4.39 Å². The van der Waals surface area contributed by atoms with Crippen LogP contribution < -0.4 is 10.1 Å². The summed E-state index contributed by atoms with van der Waals surface area (Å²) in [5, 5.41) is 13.0. The van der Waals surface area contributed by atoms with Crippen LogP contribution in [0.3, 0.4) is 0 Å². The Bertz CT molecular complexity index is 1080. The highest BCUT2D eigenvalue weighted by Crippen LogP contribution is 2.24. The van der Waals surface area contributed by atoms with E-state index in [2.05, 4.69) is 5.32 Å². The van der Waals surface area contributed by atoms with Crippen LogP contribution in [0.1, 0.15) is 5.56 Å². The number of rotatable bonds is 9. The largest absolute Gasteiger partial charge is 0.492 e. The van der Waals surface area contributed by atoms with E-state index >= 15 is 0 Å². The summed E-state index contributed by atoms with van der Waals surface area (Å²) >= 11 is 0. The van der Waals surface area contributed by atoms with Crippen LogP contribution in [0, 0.1) is 17.1 Å². The van der Waals surface area contributed by atoms with Crippen LogP contribution in [-0.2, 0) is 16.1 Å². The summed E-state index contributed by atoms with van der Waals surface area (Å²) < 4.78 is 25.6. The number of fused-ring (bicyclic) bond motifs is 1. The summed E-state index contributed by atoms with van der Waals surface area (Å²) in [5.74, 6) is -0.159. The predicted octanol–water partition coefficient (Wildman–Crippen LogP) is 3.53. The highest BCUT2D eigenvalue weighted by molar-refractivity contribution is 6.04. The maximum Gasteiger partial charge on any atom is 0.262 e. The summed E-state index contributed by atoms with van der Waals surface area (Å²) in [6.07, 6.45) is 3.47. The summed E-state index contributed by atoms with van der Waals surface area (Å²) in [4.78, 5) is 12.2. The number of carbonyl (C=O) groups is 1. The molecule has 0 fully saturated rings. The summed E-state index contributed by atoms with van der Waals surface area (Å²) in [7, 11) is 1.54. The van der Waals surface area contributed by atoms with Gasteiger partial charge < -0.3 is 19.4 Å². The zero-order chi connectivity index (χ0) is 21.3. The van der Waals surface area contributed by atoms with Gasteiger partial charge in [-0.1, -0.05) is 18.2 Å². The molecule has 0 aliphatic rings. The molecule has 2 aromatic carbocycles. The number of nitrogens with zero attached hydrogens (tertiary/aromatic N) is 2. The molecule has 0 saturated heterocycles. The lowest BCUT2D eigenvalue weighted by Gasteiger charge is -2.08. The molecule has 154 valence electrons. The quantitative estimate of drug-likeness (QED) is 0.334. The van der Waals surface area contributed by atoms with Gasteiger partial charge in [-0.2, -0.15) is 5.26 Å². The lowest BCUT2D eigenvalue weighted by Crippen LogP contribution is -2.27. The Balaban J connectivity index is 1.78. The number of para-hydroxylation sites is 1. The lowest BCUT2D eigenvalue weighted by molar-refractivity contribution is -0.117. The van der Waals surface area contributed by atoms with Crippen molar-refractivity contribution in [2.45, 2.75) is 6.54 Å². The Hall–Kier alpha value is -3.63. The number of ether oxygens (including phenoxy) is 2. The zero-order valence-electron chi connectivity index (χ0n) is 16.6. The summed E-state index contributed by atoms with van der Waals surface area (Å²) in [6.45, 7) is 1.64. The Labute approximate surface area is 174 Å². The van der Waals surface area contributed by atoms with E-state index in [9.17, 15) is 14.4 Å². The van der Waals surface area contributed by atoms with E-state index in [0.29, 0.717) is 32.1 Å². The first-order chi connectivity index (χ1) is 14.6. The molecule has 0 aliphatic heterocycles. The minimum atomic E-state index is -0.439. The lowest BCUT2D eigenvalue weighted by atomic mass is 10.1. The summed E-state index contributed by atoms with van der Waals surface area (Å²) in [6, 6.07) is 15.6. The molecule has 7 heteroatoms. The van der Waals surface area contributed by atoms with Gasteiger partial charge in [-0.3, -0.25) is 4.79 Å². The second-order valence-corrected chi connectivity index (χ2v) is 6.52. The van der Waals surface area contributed by atoms with Crippen molar-refractivity contribution in [3.63, 3.8) is 0 Å². The molecule has 3 aromatic rings. The minimum absolute atomic E-state index is 0.0246. The number of nitrogens with one attached hydrogen (secondary N) is 1. The Morgan fingerprint density at radius 3 is 2.70 bits per heavy atom. The molecule has 0 radical (unpaired) electrons. The van der Waals surface area contributed by atoms with Gasteiger partial charge in [-0.05, 0) is 36.4 Å². The number of amides is 1. The molecule has 0 spiro atoms. The van der Waals surface area contributed by atoms with Gasteiger partial charge in [-0.15, -0.1) is 0 Å². The van der Waals surface area contributed by atoms with E-state index in [1.807, 2.05) is 41.1 Å². The molecule has 0 aliphatic carbocycles. The number of nitriles is 1. The third kappa shape index (κ3) is 5.25. The molecule has 0 bridgehead atoms. The Kier molecular flexibility index (Phi) is 7.19. The third-order valence-electron chi connectivity index (χ3n) is 4.49. The molecule has 3 rings (SSSR count). The van der Waals surface area contributed by atoms with Crippen molar-refractivity contribution in [2.75, 3.05) is 26.9 Å². The van der Waals surface area contributed by atoms with Crippen LogP contribution in [0.4, 0.5) is 4.39 Å². The topological polar surface area (TPSA) is 76.3 Å². The van der Waals surface area contributed by atoms with Crippen molar-refractivity contribution >= 4 is 22.9 Å². The smallest absolute Gasteiger partial charge is 0.262 e. The fourth-order valence-electron chi connectivity index (χ4n) is 3.03. The highest BCUT2D eigenvalue weighted by Gasteiger charge is 2.12. The van der Waals surface area contributed by atoms with E-state index in [4.69, 9.17) is 9.47 Å². The van der Waals surface area contributed by atoms with Crippen molar-refractivity contribution in [3.05, 3.63) is 71.7 Å². The third-order valence-corrected chi connectivity index (χ3v) is 4.49. The van der Waals surface area contributed by atoms with Gasteiger partial charge >= 0.3 is 0 Å². The van der Waals surface area contributed by atoms with Crippen molar-refractivity contribution < 1.29 is 18.7 Å². The molecule has 0 saturated carbocycles. The molecular formula is C23H22FN3O3. The number of benzene rings is 2. The van der Waals surface area contributed by atoms with Crippen LogP contribution in [0.2, 0.25) is 0 Å². The first kappa shape index (κ1) is 21.1. The van der Waals surface area contributed by atoms with Crippen LogP contribution in [0.5, 0.6) is 5.75 Å². The van der Waals surface area contributed by atoms with Gasteiger partial charge in [0.1, 0.15) is 29.8 Å². The van der Waals surface area contributed by atoms with E-state index in [-0.39, 0.29) is 11.4 Å². The molecule has 1 amide bonds. The number of methoxy groups -OCH3 is 1. The molecule has 1 N–H and O–H groups in total. The molecule has 0 unspecified atom stereocenters. The molecule has 1 aromatic heterocycles. The average Bonchev–Trinajstić information content (AvgIpc) is 3.11. The zero-order valence-corrected chi connectivity index (χ0v) is 16.6. The van der Waals surface area contributed by atoms with Crippen LogP contribution in [0.25, 0.3) is 17.0 Å². The van der Waals surface area contributed by atoms with Crippen molar-refractivity contribution in [1.29, 1.82) is 5.26 Å². The number of hydrogen-bond acceptors (Lipinski definition) is 4. The number of halogens is 1. The number of carbonyl (C=O) groups excluding carboxylic acids is 1. The van der Waals surface area contributed by atoms with Crippen LogP contribution >= 0.6 is 0 Å². The molecule has 1 heterocycles. The number of aromatic nitrogens is 1. The Morgan fingerprint density at radius 1 is 1.20 bits per heavy atom. The van der Waals surface area contributed by atoms with E-state index in [1.54, 1.807) is 25.3 Å².